The number of hydrogen-bond acceptors (Lipinski definition) is 3. The normalized spacial score (nSPS) is 13.3. The van der Waals surface area contributed by atoms with Gasteiger partial charge in [0.25, 0.3) is 5.91 Å². The Kier molecular flexibility index (Phi) is 5.73. The van der Waals surface area contributed by atoms with Crippen LogP contribution in [0.1, 0.15) is 60.8 Å². The molecule has 1 aromatic heterocycles. The average Bonchev–Trinajstić information content (AvgIpc) is 3.02. The first kappa shape index (κ1) is 17.7. The SMILES string of the molecule is CCC(C)c1ccc(C(C)NC(=O)c2ccn(CC(=O)O)n2)cc1. The average molecular weight is 329 g/mol. The Bertz CT molecular complexity index is 707. The molecule has 6 heteroatoms. The first-order chi connectivity index (χ1) is 11.4. The van der Waals surface area contributed by atoms with E-state index in [4.69, 9.17) is 5.11 Å². The van der Waals surface area contributed by atoms with Gasteiger partial charge in [-0.1, -0.05) is 38.1 Å². The molecule has 0 radical (unpaired) electrons. The molecule has 0 spiro atoms. The quantitative estimate of drug-likeness (QED) is 0.818. The third-order valence-corrected chi connectivity index (χ3v) is 4.14. The summed E-state index contributed by atoms with van der Waals surface area (Å²) in [6.07, 6.45) is 2.57. The highest BCUT2D eigenvalue weighted by Crippen LogP contribution is 2.21. The van der Waals surface area contributed by atoms with Crippen molar-refractivity contribution in [3.8, 4) is 0 Å². The zero-order chi connectivity index (χ0) is 17.7. The number of hydrogen-bond donors (Lipinski definition) is 2. The van der Waals surface area contributed by atoms with Crippen LogP contribution in [0.25, 0.3) is 0 Å². The second-order valence-corrected chi connectivity index (χ2v) is 5.96. The lowest BCUT2D eigenvalue weighted by atomic mass is 9.96. The van der Waals surface area contributed by atoms with E-state index < -0.39 is 5.97 Å². The molecule has 2 aromatic rings. The minimum atomic E-state index is -1.00. The zero-order valence-corrected chi connectivity index (χ0v) is 14.2. The number of benzene rings is 1. The van der Waals surface area contributed by atoms with E-state index >= 15 is 0 Å². The number of carboxylic acid groups (broad SMARTS) is 1. The van der Waals surface area contributed by atoms with Gasteiger partial charge in [0.05, 0.1) is 6.04 Å². The number of aromatic nitrogens is 2. The van der Waals surface area contributed by atoms with Gasteiger partial charge in [0.1, 0.15) is 12.2 Å². The number of aliphatic carboxylic acids is 1. The lowest BCUT2D eigenvalue weighted by Gasteiger charge is -2.15. The molecule has 2 N–H and O–H groups in total. The summed E-state index contributed by atoms with van der Waals surface area (Å²) >= 11 is 0. The van der Waals surface area contributed by atoms with Gasteiger partial charge in [0, 0.05) is 6.20 Å². The molecular weight excluding hydrogens is 306 g/mol. The van der Waals surface area contributed by atoms with E-state index in [1.54, 1.807) is 0 Å². The van der Waals surface area contributed by atoms with Crippen LogP contribution in [0.5, 0.6) is 0 Å². The Labute approximate surface area is 141 Å². The first-order valence-electron chi connectivity index (χ1n) is 8.06. The van der Waals surface area contributed by atoms with Crippen LogP contribution < -0.4 is 5.32 Å². The summed E-state index contributed by atoms with van der Waals surface area (Å²) in [4.78, 5) is 22.9. The van der Waals surface area contributed by atoms with E-state index in [9.17, 15) is 9.59 Å². The third-order valence-electron chi connectivity index (χ3n) is 4.14. The molecule has 0 fully saturated rings. The highest BCUT2D eigenvalue weighted by atomic mass is 16.4. The number of rotatable bonds is 7. The first-order valence-corrected chi connectivity index (χ1v) is 8.06. The lowest BCUT2D eigenvalue weighted by molar-refractivity contribution is -0.137. The number of nitrogens with one attached hydrogen (secondary N) is 1. The summed E-state index contributed by atoms with van der Waals surface area (Å²) in [5.41, 5.74) is 2.51. The van der Waals surface area contributed by atoms with Crippen LogP contribution in [0.3, 0.4) is 0 Å². The molecule has 0 saturated heterocycles. The largest absolute Gasteiger partial charge is 0.480 e. The van der Waals surface area contributed by atoms with E-state index in [0.29, 0.717) is 5.92 Å². The van der Waals surface area contributed by atoms with Crippen molar-refractivity contribution in [3.05, 3.63) is 53.3 Å². The summed E-state index contributed by atoms with van der Waals surface area (Å²) in [6, 6.07) is 9.58. The maximum absolute atomic E-state index is 12.2. The predicted molar refractivity (Wildman–Crippen MR) is 90.9 cm³/mol. The lowest BCUT2D eigenvalue weighted by Crippen LogP contribution is -2.27. The fourth-order valence-corrected chi connectivity index (χ4v) is 2.41. The topological polar surface area (TPSA) is 84.2 Å². The van der Waals surface area contributed by atoms with Crippen LogP contribution in [0.4, 0.5) is 0 Å². The molecule has 0 aliphatic rings. The van der Waals surface area contributed by atoms with Gasteiger partial charge < -0.3 is 10.4 Å². The minimum Gasteiger partial charge on any atom is -0.480 e. The number of amides is 1. The van der Waals surface area contributed by atoms with E-state index in [0.717, 1.165) is 12.0 Å². The monoisotopic (exact) mass is 329 g/mol. The zero-order valence-electron chi connectivity index (χ0n) is 14.2. The Morgan fingerprint density at radius 1 is 1.17 bits per heavy atom. The number of nitrogens with zero attached hydrogens (tertiary/aromatic N) is 2. The molecule has 0 bridgehead atoms. The third kappa shape index (κ3) is 4.44. The highest BCUT2D eigenvalue weighted by Gasteiger charge is 2.15. The molecule has 24 heavy (non-hydrogen) atoms. The van der Waals surface area contributed by atoms with E-state index in [1.807, 2.05) is 19.1 Å². The van der Waals surface area contributed by atoms with Crippen LogP contribution in [0.2, 0.25) is 0 Å². The molecule has 2 rings (SSSR count). The van der Waals surface area contributed by atoms with Gasteiger partial charge in [-0.15, -0.1) is 0 Å². The van der Waals surface area contributed by atoms with Crippen LogP contribution in [0.15, 0.2) is 36.5 Å². The van der Waals surface area contributed by atoms with E-state index in [1.165, 1.54) is 22.5 Å². The van der Waals surface area contributed by atoms with Crippen molar-refractivity contribution < 1.29 is 14.7 Å². The second-order valence-electron chi connectivity index (χ2n) is 5.96. The molecule has 128 valence electrons. The van der Waals surface area contributed by atoms with Crippen molar-refractivity contribution in [3.63, 3.8) is 0 Å². The number of carboxylic acids is 1. The number of carbonyl (C=O) groups excluding carboxylic acids is 1. The maximum Gasteiger partial charge on any atom is 0.325 e. The van der Waals surface area contributed by atoms with Gasteiger partial charge in [-0.2, -0.15) is 5.10 Å². The molecular formula is C18H23N3O3. The summed E-state index contributed by atoms with van der Waals surface area (Å²) in [5.74, 6) is -0.806. The Hall–Kier alpha value is -2.63. The van der Waals surface area contributed by atoms with Crippen molar-refractivity contribution in [2.75, 3.05) is 0 Å². The van der Waals surface area contributed by atoms with Gasteiger partial charge in [0.2, 0.25) is 0 Å². The van der Waals surface area contributed by atoms with Crippen molar-refractivity contribution in [1.82, 2.24) is 15.1 Å². The molecule has 0 saturated carbocycles. The van der Waals surface area contributed by atoms with Gasteiger partial charge in [-0.05, 0) is 36.5 Å². The van der Waals surface area contributed by atoms with Crippen LogP contribution in [-0.2, 0) is 11.3 Å². The van der Waals surface area contributed by atoms with E-state index in [-0.39, 0.29) is 24.2 Å². The number of carbonyl (C=O) groups is 2. The van der Waals surface area contributed by atoms with E-state index in [2.05, 4.69) is 36.4 Å². The molecule has 1 amide bonds. The van der Waals surface area contributed by atoms with Crippen LogP contribution >= 0.6 is 0 Å². The van der Waals surface area contributed by atoms with Crippen molar-refractivity contribution in [1.29, 1.82) is 0 Å². The Morgan fingerprint density at radius 2 is 1.79 bits per heavy atom. The van der Waals surface area contributed by atoms with Gasteiger partial charge in [-0.3, -0.25) is 14.3 Å². The molecule has 0 aliphatic carbocycles. The maximum atomic E-state index is 12.2. The summed E-state index contributed by atoms with van der Waals surface area (Å²) < 4.78 is 1.23. The molecule has 6 nitrogen and oxygen atoms in total. The standard InChI is InChI=1S/C18H23N3O3/c1-4-12(2)14-5-7-15(8-6-14)13(3)19-18(24)16-9-10-21(20-16)11-17(22)23/h5-10,12-13H,4,11H2,1-3H3,(H,19,24)(H,22,23). The van der Waals surface area contributed by atoms with Crippen molar-refractivity contribution >= 4 is 11.9 Å². The smallest absolute Gasteiger partial charge is 0.325 e. The van der Waals surface area contributed by atoms with Crippen LogP contribution in [0, 0.1) is 0 Å². The molecule has 1 heterocycles. The molecule has 2 unspecified atom stereocenters. The molecule has 2 atom stereocenters. The van der Waals surface area contributed by atoms with Gasteiger partial charge >= 0.3 is 5.97 Å². The Balaban J connectivity index is 2.00. The van der Waals surface area contributed by atoms with Gasteiger partial charge in [-0.25, -0.2) is 0 Å². The fourth-order valence-electron chi connectivity index (χ4n) is 2.41. The Morgan fingerprint density at radius 3 is 2.38 bits per heavy atom. The van der Waals surface area contributed by atoms with Crippen molar-refractivity contribution in [2.24, 2.45) is 0 Å². The predicted octanol–water partition coefficient (Wildman–Crippen LogP) is 2.97. The fraction of sp³-hybridized carbons (Fsp3) is 0.389. The van der Waals surface area contributed by atoms with Crippen LogP contribution in [-0.4, -0.2) is 26.8 Å². The summed E-state index contributed by atoms with van der Waals surface area (Å²) in [7, 11) is 0. The summed E-state index contributed by atoms with van der Waals surface area (Å²) in [6.45, 7) is 5.99. The highest BCUT2D eigenvalue weighted by molar-refractivity contribution is 5.92. The minimum absolute atomic E-state index is 0.159. The van der Waals surface area contributed by atoms with Gasteiger partial charge in [0.15, 0.2) is 0 Å². The summed E-state index contributed by atoms with van der Waals surface area (Å²) in [5, 5.41) is 15.6. The second kappa shape index (κ2) is 7.77. The van der Waals surface area contributed by atoms with Crippen molar-refractivity contribution in [2.45, 2.75) is 45.7 Å². The molecule has 0 aliphatic heterocycles. The molecule has 1 aromatic carbocycles.